The number of rotatable bonds is 4. The molecule has 0 aromatic heterocycles. The summed E-state index contributed by atoms with van der Waals surface area (Å²) in [6, 6.07) is 0.0831. The summed E-state index contributed by atoms with van der Waals surface area (Å²) in [5.74, 6) is 1.57. The Morgan fingerprint density at radius 2 is 1.93 bits per heavy atom. The Morgan fingerprint density at radius 3 is 2.36 bits per heavy atom. The highest BCUT2D eigenvalue weighted by atomic mass is 32.2. The van der Waals surface area contributed by atoms with E-state index in [2.05, 4.69) is 6.92 Å². The average molecular weight is 217 g/mol. The first-order valence-electron chi connectivity index (χ1n) is 5.76. The maximum absolute atomic E-state index is 11.8. The fraction of sp³-hybridized carbons (Fsp3) is 1.00. The summed E-state index contributed by atoms with van der Waals surface area (Å²) >= 11 is 0. The molecule has 0 aromatic rings. The summed E-state index contributed by atoms with van der Waals surface area (Å²) < 4.78 is 11.8. The first-order chi connectivity index (χ1) is 6.63. The lowest BCUT2D eigenvalue weighted by atomic mass is 9.87. The van der Waals surface area contributed by atoms with Crippen molar-refractivity contribution < 1.29 is 4.21 Å². The molecule has 0 radical (unpaired) electrons. The van der Waals surface area contributed by atoms with E-state index in [1.54, 1.807) is 0 Å². The number of hydrogen-bond acceptors (Lipinski definition) is 2. The van der Waals surface area contributed by atoms with Gasteiger partial charge in [-0.15, -0.1) is 0 Å². The molecule has 0 bridgehead atoms. The molecule has 3 heteroatoms. The number of hydrogen-bond donors (Lipinski definition) is 1. The van der Waals surface area contributed by atoms with Crippen LogP contribution in [0.5, 0.6) is 0 Å². The summed E-state index contributed by atoms with van der Waals surface area (Å²) in [7, 11) is -0.678. The fourth-order valence-corrected chi connectivity index (χ4v) is 3.79. The second-order valence-corrected chi connectivity index (χ2v) is 6.34. The van der Waals surface area contributed by atoms with Crippen molar-refractivity contribution >= 4 is 10.8 Å². The number of nitrogens with two attached hydrogens (primary N) is 1. The highest BCUT2D eigenvalue weighted by Crippen LogP contribution is 2.29. The van der Waals surface area contributed by atoms with Gasteiger partial charge in [-0.3, -0.25) is 4.21 Å². The van der Waals surface area contributed by atoms with Crippen LogP contribution in [-0.2, 0) is 10.8 Å². The molecule has 2 N–H and O–H groups in total. The van der Waals surface area contributed by atoms with Crippen molar-refractivity contribution in [1.82, 2.24) is 0 Å². The third-order valence-corrected chi connectivity index (χ3v) is 5.24. The Hall–Kier alpha value is 0.110. The normalized spacial score (nSPS) is 32.5. The van der Waals surface area contributed by atoms with E-state index in [-0.39, 0.29) is 6.04 Å². The quantitative estimate of drug-likeness (QED) is 0.783. The van der Waals surface area contributed by atoms with Gasteiger partial charge in [0.15, 0.2) is 0 Å². The molecule has 1 fully saturated rings. The van der Waals surface area contributed by atoms with Crippen LogP contribution in [0.25, 0.3) is 0 Å². The first kappa shape index (κ1) is 12.2. The highest BCUT2D eigenvalue weighted by Gasteiger charge is 2.24. The second kappa shape index (κ2) is 5.86. The van der Waals surface area contributed by atoms with Gasteiger partial charge >= 0.3 is 0 Å². The van der Waals surface area contributed by atoms with E-state index in [0.29, 0.717) is 11.0 Å². The van der Waals surface area contributed by atoms with Crippen LogP contribution in [0, 0.1) is 5.92 Å². The van der Waals surface area contributed by atoms with Crippen LogP contribution >= 0.6 is 0 Å². The van der Waals surface area contributed by atoms with E-state index in [4.69, 9.17) is 5.73 Å². The standard InChI is InChI=1S/C11H23NOS/c1-3-10-4-6-11(7-5-10)14(13)8-9(2)12/h9-11H,3-8,12H2,1-2H3. The maximum Gasteiger partial charge on any atom is 0.0386 e. The van der Waals surface area contributed by atoms with Crippen LogP contribution in [0.1, 0.15) is 46.0 Å². The minimum atomic E-state index is -0.678. The van der Waals surface area contributed by atoms with E-state index in [9.17, 15) is 4.21 Å². The molecule has 2 atom stereocenters. The SMILES string of the molecule is CCC1CCC(S(=O)CC(C)N)CC1. The monoisotopic (exact) mass is 217 g/mol. The summed E-state index contributed by atoms with van der Waals surface area (Å²) in [6.07, 6.45) is 6.13. The van der Waals surface area contributed by atoms with Gasteiger partial charge < -0.3 is 5.73 Å². The van der Waals surface area contributed by atoms with Crippen molar-refractivity contribution in [3.63, 3.8) is 0 Å². The Balaban J connectivity index is 2.30. The molecular weight excluding hydrogens is 194 g/mol. The minimum Gasteiger partial charge on any atom is -0.327 e. The summed E-state index contributed by atoms with van der Waals surface area (Å²) in [6.45, 7) is 4.19. The van der Waals surface area contributed by atoms with Crippen molar-refractivity contribution in [3.05, 3.63) is 0 Å². The third-order valence-electron chi connectivity index (χ3n) is 3.17. The highest BCUT2D eigenvalue weighted by molar-refractivity contribution is 7.85. The lowest BCUT2D eigenvalue weighted by molar-refractivity contribution is 0.353. The van der Waals surface area contributed by atoms with E-state index >= 15 is 0 Å². The van der Waals surface area contributed by atoms with Gasteiger partial charge in [0.1, 0.15) is 0 Å². The lowest BCUT2D eigenvalue weighted by Crippen LogP contribution is -2.31. The van der Waals surface area contributed by atoms with Gasteiger partial charge in [-0.2, -0.15) is 0 Å². The molecule has 0 aliphatic heterocycles. The van der Waals surface area contributed by atoms with Crippen molar-refractivity contribution in [2.45, 2.75) is 57.2 Å². The molecule has 0 heterocycles. The van der Waals surface area contributed by atoms with E-state index in [1.807, 2.05) is 6.92 Å². The molecule has 14 heavy (non-hydrogen) atoms. The third kappa shape index (κ3) is 3.70. The molecule has 1 rings (SSSR count). The molecule has 0 amide bonds. The largest absolute Gasteiger partial charge is 0.327 e. The fourth-order valence-electron chi connectivity index (χ4n) is 2.20. The summed E-state index contributed by atoms with van der Waals surface area (Å²) in [5, 5.41) is 0.434. The molecule has 2 nitrogen and oxygen atoms in total. The van der Waals surface area contributed by atoms with Gasteiger partial charge in [0.2, 0.25) is 0 Å². The zero-order chi connectivity index (χ0) is 10.6. The molecule has 0 saturated heterocycles. The van der Waals surface area contributed by atoms with Crippen LogP contribution in [0.15, 0.2) is 0 Å². The van der Waals surface area contributed by atoms with Crippen molar-refractivity contribution in [2.24, 2.45) is 11.7 Å². The van der Waals surface area contributed by atoms with Gasteiger partial charge in [-0.1, -0.05) is 13.3 Å². The minimum absolute atomic E-state index is 0.0831. The van der Waals surface area contributed by atoms with E-state index in [1.165, 1.54) is 19.3 Å². The maximum atomic E-state index is 11.8. The van der Waals surface area contributed by atoms with E-state index < -0.39 is 10.8 Å². The molecule has 84 valence electrons. The van der Waals surface area contributed by atoms with Crippen LogP contribution in [0.2, 0.25) is 0 Å². The van der Waals surface area contributed by atoms with Crippen LogP contribution in [0.4, 0.5) is 0 Å². The zero-order valence-corrected chi connectivity index (χ0v) is 10.2. The van der Waals surface area contributed by atoms with Gasteiger partial charge in [-0.05, 0) is 38.5 Å². The van der Waals surface area contributed by atoms with Crippen LogP contribution in [-0.4, -0.2) is 21.3 Å². The molecule has 0 spiro atoms. The van der Waals surface area contributed by atoms with Gasteiger partial charge in [-0.25, -0.2) is 0 Å². The van der Waals surface area contributed by atoms with Crippen LogP contribution in [0.3, 0.4) is 0 Å². The molecule has 1 aliphatic carbocycles. The molecular formula is C11H23NOS. The van der Waals surface area contributed by atoms with Gasteiger partial charge in [0.25, 0.3) is 0 Å². The molecule has 1 aliphatic rings. The van der Waals surface area contributed by atoms with Crippen molar-refractivity contribution in [3.8, 4) is 0 Å². The van der Waals surface area contributed by atoms with Crippen LogP contribution < -0.4 is 5.73 Å². The first-order valence-corrected chi connectivity index (χ1v) is 7.14. The predicted octanol–water partition coefficient (Wildman–Crippen LogP) is 2.05. The average Bonchev–Trinajstić information content (AvgIpc) is 2.17. The molecule has 0 aromatic carbocycles. The Kier molecular flexibility index (Phi) is 5.10. The van der Waals surface area contributed by atoms with E-state index in [0.717, 1.165) is 18.8 Å². The van der Waals surface area contributed by atoms with Gasteiger partial charge in [0.05, 0.1) is 0 Å². The zero-order valence-electron chi connectivity index (χ0n) is 9.37. The summed E-state index contributed by atoms with van der Waals surface area (Å²) in [4.78, 5) is 0. The predicted molar refractivity (Wildman–Crippen MR) is 62.7 cm³/mol. The molecule has 2 unspecified atom stereocenters. The Labute approximate surface area is 90.1 Å². The Morgan fingerprint density at radius 1 is 1.36 bits per heavy atom. The van der Waals surface area contributed by atoms with Gasteiger partial charge in [0, 0.05) is 27.8 Å². The van der Waals surface area contributed by atoms with Crippen molar-refractivity contribution in [2.75, 3.05) is 5.75 Å². The summed E-state index contributed by atoms with van der Waals surface area (Å²) in [5.41, 5.74) is 5.66. The molecule has 1 saturated carbocycles. The Bertz CT molecular complexity index is 186. The second-order valence-electron chi connectivity index (χ2n) is 4.58. The smallest absolute Gasteiger partial charge is 0.0386 e. The topological polar surface area (TPSA) is 43.1 Å². The van der Waals surface area contributed by atoms with Crippen molar-refractivity contribution in [1.29, 1.82) is 0 Å². The lowest BCUT2D eigenvalue weighted by Gasteiger charge is -2.27.